The fraction of sp³-hybridized carbons (Fsp3) is 0.118. The highest BCUT2D eigenvalue weighted by molar-refractivity contribution is 5.88. The normalized spacial score (nSPS) is 10.9. The summed E-state index contributed by atoms with van der Waals surface area (Å²) < 4.78 is 24.5. The van der Waals surface area contributed by atoms with Crippen LogP contribution in [0.25, 0.3) is 17.1 Å². The molecule has 0 aliphatic carbocycles. The van der Waals surface area contributed by atoms with Crippen molar-refractivity contribution in [2.45, 2.75) is 6.92 Å². The van der Waals surface area contributed by atoms with Gasteiger partial charge >= 0.3 is 12.0 Å². The number of hydrogen-bond acceptors (Lipinski definition) is 7. The summed E-state index contributed by atoms with van der Waals surface area (Å²) in [6.45, 7) is 1.84. The van der Waals surface area contributed by atoms with Crippen LogP contribution >= 0.6 is 0 Å². The lowest BCUT2D eigenvalue weighted by Gasteiger charge is -1.99. The van der Waals surface area contributed by atoms with Crippen molar-refractivity contribution in [3.8, 4) is 17.1 Å². The van der Waals surface area contributed by atoms with Gasteiger partial charge in [-0.25, -0.2) is 19.3 Å². The summed E-state index contributed by atoms with van der Waals surface area (Å²) in [5, 5.41) is 19.0. The first-order valence-electron chi connectivity index (χ1n) is 8.04. The number of halogens is 1. The molecule has 2 heterocycles. The Hall–Kier alpha value is -4.02. The lowest BCUT2D eigenvalue weighted by atomic mass is 10.2. The Morgan fingerprint density at radius 1 is 1.39 bits per heavy atom. The summed E-state index contributed by atoms with van der Waals surface area (Å²) in [5.74, 6) is -0.720. The third-order valence-corrected chi connectivity index (χ3v) is 3.47. The summed E-state index contributed by atoms with van der Waals surface area (Å²) in [6.07, 6.45) is 2.10. The van der Waals surface area contributed by atoms with Crippen LogP contribution < -0.4 is 5.43 Å². The Morgan fingerprint density at radius 3 is 2.79 bits per heavy atom. The van der Waals surface area contributed by atoms with Crippen molar-refractivity contribution in [1.29, 1.82) is 0 Å². The van der Waals surface area contributed by atoms with E-state index < -0.39 is 22.7 Å². The molecule has 144 valence electrons. The Balaban J connectivity index is 1.97. The van der Waals surface area contributed by atoms with Gasteiger partial charge in [0, 0.05) is 11.8 Å². The van der Waals surface area contributed by atoms with Crippen molar-refractivity contribution < 1.29 is 23.3 Å². The van der Waals surface area contributed by atoms with Crippen LogP contribution in [0, 0.1) is 15.9 Å². The van der Waals surface area contributed by atoms with Crippen LogP contribution in [0.3, 0.4) is 0 Å². The van der Waals surface area contributed by atoms with E-state index in [4.69, 9.17) is 9.15 Å². The molecule has 1 amide bonds. The summed E-state index contributed by atoms with van der Waals surface area (Å²) in [5.41, 5.74) is 3.35. The monoisotopic (exact) mass is 387 g/mol. The highest BCUT2D eigenvalue weighted by atomic mass is 19.1. The van der Waals surface area contributed by atoms with Crippen molar-refractivity contribution in [2.24, 2.45) is 5.10 Å². The van der Waals surface area contributed by atoms with E-state index in [1.54, 1.807) is 13.1 Å². The van der Waals surface area contributed by atoms with Gasteiger partial charge in [0.25, 0.3) is 0 Å². The summed E-state index contributed by atoms with van der Waals surface area (Å²) in [6, 6.07) is 8.15. The number of nitrogens with zero attached hydrogens (tertiary/aromatic N) is 4. The van der Waals surface area contributed by atoms with Gasteiger partial charge in [0.15, 0.2) is 5.76 Å². The van der Waals surface area contributed by atoms with Crippen LogP contribution in [0.15, 0.2) is 52.1 Å². The zero-order valence-electron chi connectivity index (χ0n) is 14.5. The molecule has 3 aromatic rings. The number of nitrogens with one attached hydrogen (secondary N) is 1. The molecule has 3 rings (SSSR count). The van der Waals surface area contributed by atoms with Crippen LogP contribution in [-0.4, -0.2) is 33.6 Å². The van der Waals surface area contributed by atoms with Gasteiger partial charge < -0.3 is 9.15 Å². The maximum Gasteiger partial charge on any atom is 0.433 e. The third kappa shape index (κ3) is 4.20. The largest absolute Gasteiger partial charge is 0.449 e. The van der Waals surface area contributed by atoms with E-state index in [2.05, 4.69) is 15.6 Å². The first-order valence-corrected chi connectivity index (χ1v) is 8.04. The number of benzene rings is 1. The van der Waals surface area contributed by atoms with Crippen molar-refractivity contribution in [1.82, 2.24) is 15.2 Å². The minimum Gasteiger partial charge on any atom is -0.449 e. The molecule has 0 atom stereocenters. The van der Waals surface area contributed by atoms with Crippen molar-refractivity contribution in [2.75, 3.05) is 6.61 Å². The van der Waals surface area contributed by atoms with E-state index in [0.29, 0.717) is 11.3 Å². The van der Waals surface area contributed by atoms with Gasteiger partial charge in [-0.3, -0.25) is 10.1 Å². The molecule has 0 unspecified atom stereocenters. The average Bonchev–Trinajstić information content (AvgIpc) is 3.30. The molecule has 0 spiro atoms. The zero-order chi connectivity index (χ0) is 20.1. The predicted octanol–water partition coefficient (Wildman–Crippen LogP) is 3.26. The Labute approximate surface area is 157 Å². The first kappa shape index (κ1) is 18.8. The number of nitro groups is 1. The number of hydrogen-bond donors (Lipinski definition) is 1. The molecular formula is C17H14FN5O5. The standard InChI is InChI=1S/C17H14FN5O5/c1-2-27-17(24)20-19-9-11-10-22(13-5-3-12(18)4-6-13)21-16(11)14-7-8-15(28-14)23(25)26/h3-10H,2H2,1H3,(H,20,24)/b19-9+. The Bertz CT molecular complexity index is 1020. The van der Waals surface area contributed by atoms with Crippen molar-refractivity contribution in [3.05, 3.63) is 64.1 Å². The molecule has 0 saturated heterocycles. The predicted molar refractivity (Wildman–Crippen MR) is 95.6 cm³/mol. The summed E-state index contributed by atoms with van der Waals surface area (Å²) in [4.78, 5) is 21.5. The minimum atomic E-state index is -0.736. The summed E-state index contributed by atoms with van der Waals surface area (Å²) in [7, 11) is 0. The van der Waals surface area contributed by atoms with Gasteiger partial charge in [0.1, 0.15) is 16.4 Å². The SMILES string of the molecule is CCOC(=O)N/N=C/c1cn(-c2ccc(F)cc2)nc1-c1ccc([N+](=O)[O-])o1. The lowest BCUT2D eigenvalue weighted by Crippen LogP contribution is -2.18. The zero-order valence-corrected chi connectivity index (χ0v) is 14.5. The van der Waals surface area contributed by atoms with Gasteiger partial charge in [-0.2, -0.15) is 10.2 Å². The van der Waals surface area contributed by atoms with Crippen LogP contribution in [0.1, 0.15) is 12.5 Å². The number of furan rings is 1. The van der Waals surface area contributed by atoms with Crippen molar-refractivity contribution in [3.63, 3.8) is 0 Å². The van der Waals surface area contributed by atoms with E-state index in [-0.39, 0.29) is 18.1 Å². The molecule has 0 saturated carbocycles. The summed E-state index contributed by atoms with van der Waals surface area (Å²) >= 11 is 0. The maximum absolute atomic E-state index is 13.2. The lowest BCUT2D eigenvalue weighted by molar-refractivity contribution is -0.401. The van der Waals surface area contributed by atoms with Gasteiger partial charge in [0.2, 0.25) is 0 Å². The molecule has 1 N–H and O–H groups in total. The quantitative estimate of drug-likeness (QED) is 0.393. The number of hydrazone groups is 1. The van der Waals surface area contributed by atoms with Gasteiger partial charge in [-0.1, -0.05) is 0 Å². The first-order chi connectivity index (χ1) is 13.5. The average molecular weight is 387 g/mol. The van der Waals surface area contributed by atoms with Crippen molar-refractivity contribution >= 4 is 18.2 Å². The van der Waals surface area contributed by atoms with Crippen LogP contribution in [0.5, 0.6) is 0 Å². The topological polar surface area (TPSA) is 125 Å². The van der Waals surface area contributed by atoms with Crippen LogP contribution in [0.4, 0.5) is 15.1 Å². The van der Waals surface area contributed by atoms with Crippen LogP contribution in [-0.2, 0) is 4.74 Å². The van der Waals surface area contributed by atoms with E-state index in [1.165, 1.54) is 47.3 Å². The second-order valence-electron chi connectivity index (χ2n) is 5.34. The molecule has 0 aliphatic heterocycles. The maximum atomic E-state index is 13.2. The van der Waals surface area contributed by atoms with E-state index in [1.807, 2.05) is 0 Å². The number of carbonyl (C=O) groups is 1. The molecule has 2 aromatic heterocycles. The van der Waals surface area contributed by atoms with Gasteiger partial charge in [0.05, 0.1) is 24.6 Å². The molecule has 11 heteroatoms. The molecule has 28 heavy (non-hydrogen) atoms. The molecule has 0 radical (unpaired) electrons. The Morgan fingerprint density at radius 2 is 2.14 bits per heavy atom. The van der Waals surface area contributed by atoms with E-state index in [0.717, 1.165) is 0 Å². The number of amides is 1. The Kier molecular flexibility index (Phi) is 5.44. The number of ether oxygens (including phenoxy) is 1. The van der Waals surface area contributed by atoms with Gasteiger partial charge in [-0.15, -0.1) is 0 Å². The molecule has 1 aromatic carbocycles. The van der Waals surface area contributed by atoms with Gasteiger partial charge in [-0.05, 0) is 37.3 Å². The second kappa shape index (κ2) is 8.12. The fourth-order valence-electron chi connectivity index (χ4n) is 2.27. The molecule has 0 bridgehead atoms. The number of rotatable bonds is 6. The van der Waals surface area contributed by atoms with E-state index in [9.17, 15) is 19.3 Å². The van der Waals surface area contributed by atoms with E-state index >= 15 is 0 Å². The minimum absolute atomic E-state index is 0.130. The molecule has 0 aliphatic rings. The van der Waals surface area contributed by atoms with Crippen LogP contribution in [0.2, 0.25) is 0 Å². The molecular weight excluding hydrogens is 373 g/mol. The third-order valence-electron chi connectivity index (χ3n) is 3.47. The molecule has 0 fully saturated rings. The number of carbonyl (C=O) groups excluding carboxylic acids is 1. The molecule has 10 nitrogen and oxygen atoms in total. The smallest absolute Gasteiger partial charge is 0.433 e. The fourth-order valence-corrected chi connectivity index (χ4v) is 2.27. The number of aromatic nitrogens is 2. The highest BCUT2D eigenvalue weighted by Crippen LogP contribution is 2.27. The second-order valence-corrected chi connectivity index (χ2v) is 5.34. The highest BCUT2D eigenvalue weighted by Gasteiger charge is 2.19.